The summed E-state index contributed by atoms with van der Waals surface area (Å²) in [4.78, 5) is 27.0. The van der Waals surface area contributed by atoms with Crippen molar-refractivity contribution in [2.45, 2.75) is 44.7 Å². The third kappa shape index (κ3) is 4.62. The first kappa shape index (κ1) is 22.6. The zero-order chi connectivity index (χ0) is 24.5. The van der Waals surface area contributed by atoms with Crippen LogP contribution in [0.5, 0.6) is 0 Å². The van der Waals surface area contributed by atoms with Gasteiger partial charge in [0.15, 0.2) is 5.96 Å². The third-order valence-electron chi connectivity index (χ3n) is 6.63. The van der Waals surface area contributed by atoms with E-state index in [1.807, 2.05) is 67.1 Å². The molecule has 35 heavy (non-hydrogen) atoms. The van der Waals surface area contributed by atoms with Gasteiger partial charge in [0.05, 0.1) is 17.6 Å². The lowest BCUT2D eigenvalue weighted by Gasteiger charge is -2.30. The Balaban J connectivity index is 1.49. The van der Waals surface area contributed by atoms with Crippen molar-refractivity contribution in [3.8, 4) is 0 Å². The number of aromatic nitrogens is 3. The van der Waals surface area contributed by atoms with E-state index >= 15 is 0 Å². The Morgan fingerprint density at radius 2 is 1.89 bits per heavy atom. The maximum absolute atomic E-state index is 13.2. The van der Waals surface area contributed by atoms with E-state index in [0.717, 1.165) is 53.1 Å². The molecule has 1 aliphatic rings. The molecule has 2 heterocycles. The van der Waals surface area contributed by atoms with Crippen LogP contribution < -0.4 is 22.1 Å². The highest BCUT2D eigenvalue weighted by Gasteiger charge is 2.26. The number of hydrogen-bond acceptors (Lipinski definition) is 5. The predicted octanol–water partition coefficient (Wildman–Crippen LogP) is 3.68. The Hall–Kier alpha value is -4.14. The Labute approximate surface area is 203 Å². The van der Waals surface area contributed by atoms with Gasteiger partial charge >= 0.3 is 0 Å². The number of hydrogen-bond donors (Lipinski definition) is 4. The molecule has 1 saturated carbocycles. The summed E-state index contributed by atoms with van der Waals surface area (Å²) in [5.41, 5.74) is 14.7. The fraction of sp³-hybridized carbons (Fsp3) is 0.308. The van der Waals surface area contributed by atoms with Crippen molar-refractivity contribution in [3.05, 3.63) is 59.8 Å². The van der Waals surface area contributed by atoms with Gasteiger partial charge in [0, 0.05) is 23.3 Å². The maximum atomic E-state index is 13.2. The molecular weight excluding hydrogens is 440 g/mol. The van der Waals surface area contributed by atoms with Gasteiger partial charge in [-0.3, -0.25) is 10.1 Å². The quantitative estimate of drug-likeness (QED) is 0.259. The summed E-state index contributed by atoms with van der Waals surface area (Å²) in [5, 5.41) is 8.36. The first-order chi connectivity index (χ1) is 16.9. The Morgan fingerprint density at radius 1 is 1.09 bits per heavy atom. The number of nitrogens with one attached hydrogen (secondary N) is 2. The molecule has 9 heteroatoms. The summed E-state index contributed by atoms with van der Waals surface area (Å²) in [6, 6.07) is 15.7. The number of benzene rings is 2. The number of rotatable bonds is 5. The second-order valence-corrected chi connectivity index (χ2v) is 9.17. The minimum atomic E-state index is -0.267. The zero-order valence-corrected chi connectivity index (χ0v) is 20.0. The number of anilines is 2. The number of carbonyl (C=O) groups is 1. The van der Waals surface area contributed by atoms with Crippen molar-refractivity contribution < 1.29 is 4.79 Å². The van der Waals surface area contributed by atoms with E-state index in [4.69, 9.17) is 16.5 Å². The number of fused-ring (bicyclic) bond motifs is 2. The normalized spacial score (nSPS) is 17.9. The van der Waals surface area contributed by atoms with Gasteiger partial charge in [-0.15, -0.1) is 0 Å². The van der Waals surface area contributed by atoms with E-state index < -0.39 is 0 Å². The summed E-state index contributed by atoms with van der Waals surface area (Å²) in [5.74, 6) is 0.731. The number of carbonyl (C=O) groups excluding carboxylic acids is 1. The number of nitrogens with two attached hydrogens (primary N) is 2. The highest BCUT2D eigenvalue weighted by atomic mass is 16.2. The second kappa shape index (κ2) is 9.25. The lowest BCUT2D eigenvalue weighted by atomic mass is 9.90. The number of nitrogens with zero attached hydrogens (tertiary/aromatic N) is 4. The number of para-hydroxylation sites is 1. The first-order valence-corrected chi connectivity index (χ1v) is 11.9. The van der Waals surface area contributed by atoms with E-state index in [1.165, 1.54) is 0 Å². The summed E-state index contributed by atoms with van der Waals surface area (Å²) in [6.07, 6.45) is 4.00. The summed E-state index contributed by atoms with van der Waals surface area (Å²) in [7, 11) is 1.88. The minimum absolute atomic E-state index is 0.0302. The monoisotopic (exact) mass is 470 g/mol. The average Bonchev–Trinajstić information content (AvgIpc) is 3.17. The summed E-state index contributed by atoms with van der Waals surface area (Å²) in [6.45, 7) is 2.03. The van der Waals surface area contributed by atoms with Gasteiger partial charge in [0.1, 0.15) is 11.5 Å². The third-order valence-corrected chi connectivity index (χ3v) is 6.63. The summed E-state index contributed by atoms with van der Waals surface area (Å²) >= 11 is 0. The van der Waals surface area contributed by atoms with Crippen molar-refractivity contribution in [1.29, 1.82) is 0 Å². The van der Waals surface area contributed by atoms with Gasteiger partial charge in [-0.05, 0) is 44.0 Å². The van der Waals surface area contributed by atoms with Crippen LogP contribution in [0.3, 0.4) is 0 Å². The molecule has 6 N–H and O–H groups in total. The van der Waals surface area contributed by atoms with Gasteiger partial charge in [-0.25, -0.2) is 9.98 Å². The lowest BCUT2D eigenvalue weighted by Crippen LogP contribution is -2.38. The SMILES string of the molecule is Cc1ccc2nc(NC(=O)c3cc4ccccc4n3C)nc(NC3CCCCC3N=C(N)N)c2c1. The van der Waals surface area contributed by atoms with Crippen molar-refractivity contribution in [1.82, 2.24) is 14.5 Å². The maximum Gasteiger partial charge on any atom is 0.274 e. The van der Waals surface area contributed by atoms with Crippen LogP contribution in [0.1, 0.15) is 41.7 Å². The molecule has 0 spiro atoms. The van der Waals surface area contributed by atoms with Crippen molar-refractivity contribution in [2.24, 2.45) is 23.5 Å². The Kier molecular flexibility index (Phi) is 5.98. The van der Waals surface area contributed by atoms with E-state index in [2.05, 4.69) is 20.6 Å². The summed E-state index contributed by atoms with van der Waals surface area (Å²) < 4.78 is 1.87. The van der Waals surface area contributed by atoms with E-state index in [1.54, 1.807) is 0 Å². The second-order valence-electron chi connectivity index (χ2n) is 9.17. The Bertz CT molecular complexity index is 1440. The van der Waals surface area contributed by atoms with E-state index in [-0.39, 0.29) is 29.9 Å². The van der Waals surface area contributed by atoms with Crippen molar-refractivity contribution in [3.63, 3.8) is 0 Å². The number of aliphatic imine (C=N–C) groups is 1. The van der Waals surface area contributed by atoms with E-state index in [0.29, 0.717) is 11.5 Å². The van der Waals surface area contributed by atoms with Gasteiger partial charge in [0.2, 0.25) is 5.95 Å². The van der Waals surface area contributed by atoms with Crippen LogP contribution in [0.25, 0.3) is 21.8 Å². The highest BCUT2D eigenvalue weighted by Crippen LogP contribution is 2.29. The van der Waals surface area contributed by atoms with Crippen molar-refractivity contribution >= 4 is 45.4 Å². The van der Waals surface area contributed by atoms with Crippen LogP contribution in [0.4, 0.5) is 11.8 Å². The highest BCUT2D eigenvalue weighted by molar-refractivity contribution is 6.06. The van der Waals surface area contributed by atoms with Crippen LogP contribution in [0.15, 0.2) is 53.5 Å². The van der Waals surface area contributed by atoms with E-state index in [9.17, 15) is 4.79 Å². The molecule has 1 amide bonds. The largest absolute Gasteiger partial charge is 0.370 e. The standard InChI is InChI=1S/C26H30N8O/c1-15-11-12-18-17(13-15)23(29-19-8-4-5-9-20(19)30-25(27)28)32-26(31-18)33-24(35)22-14-16-7-3-6-10-21(16)34(22)2/h3,6-7,10-14,19-20H,4-5,8-9H2,1-2H3,(H4,27,28,30)(H2,29,31,32,33,35). The molecule has 2 aromatic heterocycles. The molecule has 1 aliphatic carbocycles. The van der Waals surface area contributed by atoms with Crippen LogP contribution in [0.2, 0.25) is 0 Å². The molecule has 180 valence electrons. The molecule has 1 fully saturated rings. The van der Waals surface area contributed by atoms with Crippen LogP contribution >= 0.6 is 0 Å². The molecule has 0 aliphatic heterocycles. The van der Waals surface area contributed by atoms with Gasteiger partial charge in [-0.1, -0.05) is 42.7 Å². The van der Waals surface area contributed by atoms with Crippen LogP contribution in [-0.4, -0.2) is 38.5 Å². The molecule has 2 unspecified atom stereocenters. The fourth-order valence-electron chi connectivity index (χ4n) is 4.88. The molecule has 4 aromatic rings. The number of guanidine groups is 1. The number of amides is 1. The molecule has 2 aromatic carbocycles. The average molecular weight is 471 g/mol. The minimum Gasteiger partial charge on any atom is -0.370 e. The topological polar surface area (TPSA) is 136 Å². The van der Waals surface area contributed by atoms with Gasteiger partial charge in [-0.2, -0.15) is 4.98 Å². The first-order valence-electron chi connectivity index (χ1n) is 11.9. The van der Waals surface area contributed by atoms with Crippen LogP contribution in [-0.2, 0) is 7.05 Å². The van der Waals surface area contributed by atoms with Gasteiger partial charge < -0.3 is 21.4 Å². The Morgan fingerprint density at radius 3 is 2.69 bits per heavy atom. The fourth-order valence-corrected chi connectivity index (χ4v) is 4.88. The molecule has 2 atom stereocenters. The molecule has 5 rings (SSSR count). The molecule has 0 saturated heterocycles. The van der Waals surface area contributed by atoms with Gasteiger partial charge in [0.25, 0.3) is 5.91 Å². The predicted molar refractivity (Wildman–Crippen MR) is 141 cm³/mol. The van der Waals surface area contributed by atoms with Crippen molar-refractivity contribution in [2.75, 3.05) is 10.6 Å². The molecule has 0 radical (unpaired) electrons. The molecule has 0 bridgehead atoms. The number of aryl methyl sites for hydroxylation is 2. The lowest BCUT2D eigenvalue weighted by molar-refractivity contribution is 0.101. The molecule has 9 nitrogen and oxygen atoms in total. The molecular formula is C26H30N8O. The van der Waals surface area contributed by atoms with Crippen LogP contribution in [0, 0.1) is 6.92 Å². The smallest absolute Gasteiger partial charge is 0.274 e. The zero-order valence-electron chi connectivity index (χ0n) is 20.0.